The molecule has 190 valence electrons. The summed E-state index contributed by atoms with van der Waals surface area (Å²) >= 11 is 0. The molecule has 0 spiro atoms. The number of likely N-dealkylation sites (tertiary alicyclic amines) is 1. The summed E-state index contributed by atoms with van der Waals surface area (Å²) in [6.07, 6.45) is 2.87. The number of nitrogens with zero attached hydrogens (tertiary/aromatic N) is 3. The third-order valence-electron chi connectivity index (χ3n) is 6.48. The van der Waals surface area contributed by atoms with Crippen LogP contribution in [0.3, 0.4) is 0 Å². The van der Waals surface area contributed by atoms with Crippen LogP contribution in [0.4, 0.5) is 11.4 Å². The summed E-state index contributed by atoms with van der Waals surface area (Å²) in [5.74, 6) is 0.545. The van der Waals surface area contributed by atoms with Crippen LogP contribution >= 0.6 is 0 Å². The summed E-state index contributed by atoms with van der Waals surface area (Å²) in [4.78, 5) is 18.9. The predicted molar refractivity (Wildman–Crippen MR) is 137 cm³/mol. The Morgan fingerprint density at radius 1 is 1.17 bits per heavy atom. The number of carbonyl (C=O) groups is 1. The van der Waals surface area contributed by atoms with Gasteiger partial charge in [-0.05, 0) is 70.0 Å². The molecular formula is C26H30N4O5S. The molecule has 9 nitrogen and oxygen atoms in total. The molecule has 2 heterocycles. The van der Waals surface area contributed by atoms with Crippen molar-refractivity contribution >= 4 is 33.5 Å². The van der Waals surface area contributed by atoms with E-state index in [1.54, 1.807) is 54.3 Å². The maximum absolute atomic E-state index is 13.0. The van der Waals surface area contributed by atoms with Gasteiger partial charge in [0.05, 0.1) is 17.0 Å². The van der Waals surface area contributed by atoms with Crippen LogP contribution in [0, 0.1) is 13.8 Å². The Kier molecular flexibility index (Phi) is 7.28. The van der Waals surface area contributed by atoms with E-state index in [1.165, 1.54) is 12.3 Å². The van der Waals surface area contributed by atoms with Crippen molar-refractivity contribution in [1.29, 1.82) is 0 Å². The smallest absolute Gasteiger partial charge is 0.264 e. The lowest BCUT2D eigenvalue weighted by atomic mass is 9.84. The second-order valence-corrected chi connectivity index (χ2v) is 10.7. The molecular weight excluding hydrogens is 480 g/mol. The highest BCUT2D eigenvalue weighted by Gasteiger charge is 2.35. The zero-order valence-corrected chi connectivity index (χ0v) is 21.4. The van der Waals surface area contributed by atoms with Crippen molar-refractivity contribution in [2.45, 2.75) is 50.5 Å². The van der Waals surface area contributed by atoms with E-state index in [9.17, 15) is 18.3 Å². The zero-order valence-electron chi connectivity index (χ0n) is 20.6. The van der Waals surface area contributed by atoms with Crippen LogP contribution in [0.25, 0.3) is 0 Å². The highest BCUT2D eigenvalue weighted by molar-refractivity contribution is 7.92. The molecule has 0 radical (unpaired) electrons. The number of hydrogen-bond donors (Lipinski definition) is 2. The van der Waals surface area contributed by atoms with Gasteiger partial charge in [-0.15, -0.1) is 0 Å². The van der Waals surface area contributed by atoms with Gasteiger partial charge >= 0.3 is 0 Å². The normalized spacial score (nSPS) is 15.8. The molecule has 36 heavy (non-hydrogen) atoms. The van der Waals surface area contributed by atoms with Crippen molar-refractivity contribution < 1.29 is 22.8 Å². The molecule has 2 N–H and O–H groups in total. The van der Waals surface area contributed by atoms with Crippen molar-refractivity contribution in [3.05, 3.63) is 71.1 Å². The molecule has 1 saturated heterocycles. The van der Waals surface area contributed by atoms with Crippen LogP contribution in [-0.4, -0.2) is 54.4 Å². The number of anilines is 1. The van der Waals surface area contributed by atoms with Gasteiger partial charge in [-0.3, -0.25) is 14.5 Å². The first-order chi connectivity index (χ1) is 17.1. The standard InChI is InChI=1S/C26H30N4O5S/c1-4-27-23-7-5-6-8-24(23)36(33,34)29-21-11-9-20(10-12-21)25(31)30-15-13-26(32,14-16-30)17-22-18(2)28-35-19(22)3/h4-12,29,32H,13-17H2,1-3H3. The van der Waals surface area contributed by atoms with E-state index < -0.39 is 15.6 Å². The molecule has 2 aromatic carbocycles. The summed E-state index contributed by atoms with van der Waals surface area (Å²) in [5, 5.41) is 15.0. The lowest BCUT2D eigenvalue weighted by molar-refractivity contribution is -0.0165. The van der Waals surface area contributed by atoms with Gasteiger partial charge in [0.15, 0.2) is 0 Å². The number of aliphatic imine (C=N–C) groups is 1. The van der Waals surface area contributed by atoms with Gasteiger partial charge in [0.1, 0.15) is 10.7 Å². The molecule has 1 aliphatic rings. The summed E-state index contributed by atoms with van der Waals surface area (Å²) in [5.41, 5.74) is 1.91. The van der Waals surface area contributed by atoms with Gasteiger partial charge in [-0.2, -0.15) is 0 Å². The Balaban J connectivity index is 1.40. The van der Waals surface area contributed by atoms with Crippen LogP contribution in [0.1, 0.15) is 47.1 Å². The van der Waals surface area contributed by atoms with Crippen LogP contribution in [-0.2, 0) is 16.4 Å². The van der Waals surface area contributed by atoms with Crippen molar-refractivity contribution in [2.24, 2.45) is 4.99 Å². The maximum atomic E-state index is 13.0. The number of hydrogen-bond acceptors (Lipinski definition) is 7. The number of para-hydroxylation sites is 1. The molecule has 0 aliphatic carbocycles. The monoisotopic (exact) mass is 510 g/mol. The number of sulfonamides is 1. The Morgan fingerprint density at radius 2 is 1.83 bits per heavy atom. The molecule has 0 saturated carbocycles. The van der Waals surface area contributed by atoms with E-state index >= 15 is 0 Å². The summed E-state index contributed by atoms with van der Waals surface area (Å²) in [7, 11) is -3.86. The lowest BCUT2D eigenvalue weighted by Crippen LogP contribution is -2.47. The molecule has 1 aliphatic heterocycles. The molecule has 0 unspecified atom stereocenters. The average Bonchev–Trinajstić information content (AvgIpc) is 3.16. The molecule has 10 heteroatoms. The quantitative estimate of drug-likeness (QED) is 0.463. The summed E-state index contributed by atoms with van der Waals surface area (Å²) in [6.45, 7) is 6.24. The van der Waals surface area contributed by atoms with E-state index in [-0.39, 0.29) is 10.8 Å². The molecule has 1 aromatic heterocycles. The Hall–Kier alpha value is -3.50. The minimum atomic E-state index is -3.86. The lowest BCUT2D eigenvalue weighted by Gasteiger charge is -2.38. The number of aryl methyl sites for hydroxylation is 2. The second kappa shape index (κ2) is 10.2. The first kappa shape index (κ1) is 25.6. The molecule has 3 aromatic rings. The summed E-state index contributed by atoms with van der Waals surface area (Å²) < 4.78 is 33.5. The van der Waals surface area contributed by atoms with Gasteiger partial charge in [0.25, 0.3) is 15.9 Å². The SMILES string of the molecule is CC=Nc1ccccc1S(=O)(=O)Nc1ccc(C(=O)N2CCC(O)(Cc3c(C)noc3C)CC2)cc1. The Morgan fingerprint density at radius 3 is 2.44 bits per heavy atom. The Bertz CT molecular complexity index is 1350. The third kappa shape index (κ3) is 5.50. The van der Waals surface area contributed by atoms with Gasteiger partial charge in [0, 0.05) is 42.5 Å². The highest BCUT2D eigenvalue weighted by Crippen LogP contribution is 2.30. The molecule has 1 fully saturated rings. The van der Waals surface area contributed by atoms with E-state index in [4.69, 9.17) is 4.52 Å². The minimum Gasteiger partial charge on any atom is -0.389 e. The molecule has 0 atom stereocenters. The first-order valence-corrected chi connectivity index (χ1v) is 13.2. The van der Waals surface area contributed by atoms with Crippen molar-refractivity contribution in [2.75, 3.05) is 17.8 Å². The Labute approximate surface area is 210 Å². The van der Waals surface area contributed by atoms with Gasteiger partial charge in [-0.1, -0.05) is 17.3 Å². The predicted octanol–water partition coefficient (Wildman–Crippen LogP) is 4.02. The van der Waals surface area contributed by atoms with Crippen LogP contribution in [0.15, 0.2) is 62.9 Å². The average molecular weight is 511 g/mol. The number of nitrogens with one attached hydrogen (secondary N) is 1. The fourth-order valence-electron chi connectivity index (χ4n) is 4.39. The van der Waals surface area contributed by atoms with E-state index in [2.05, 4.69) is 14.9 Å². The first-order valence-electron chi connectivity index (χ1n) is 11.8. The van der Waals surface area contributed by atoms with E-state index in [1.807, 2.05) is 13.8 Å². The topological polar surface area (TPSA) is 125 Å². The number of carbonyl (C=O) groups excluding carboxylic acids is 1. The molecule has 4 rings (SSSR count). The highest BCUT2D eigenvalue weighted by atomic mass is 32.2. The van der Waals surface area contributed by atoms with Crippen molar-refractivity contribution in [1.82, 2.24) is 10.1 Å². The zero-order chi connectivity index (χ0) is 25.9. The second-order valence-electron chi connectivity index (χ2n) is 9.03. The van der Waals surface area contributed by atoms with Crippen molar-refractivity contribution in [3.8, 4) is 0 Å². The molecule has 1 amide bonds. The van der Waals surface area contributed by atoms with Crippen molar-refractivity contribution in [3.63, 3.8) is 0 Å². The summed E-state index contributed by atoms with van der Waals surface area (Å²) in [6, 6.07) is 12.8. The van der Waals surface area contributed by atoms with Gasteiger partial charge in [-0.25, -0.2) is 8.42 Å². The number of piperidine rings is 1. The minimum absolute atomic E-state index is 0.0700. The van der Waals surface area contributed by atoms with E-state index in [0.29, 0.717) is 55.1 Å². The van der Waals surface area contributed by atoms with Crippen LogP contribution in [0.2, 0.25) is 0 Å². The van der Waals surface area contributed by atoms with Crippen LogP contribution in [0.5, 0.6) is 0 Å². The largest absolute Gasteiger partial charge is 0.389 e. The van der Waals surface area contributed by atoms with Gasteiger partial charge < -0.3 is 14.5 Å². The number of aliphatic hydroxyl groups is 1. The number of aromatic nitrogens is 1. The number of rotatable bonds is 7. The fourth-order valence-corrected chi connectivity index (χ4v) is 5.60. The molecule has 0 bridgehead atoms. The van der Waals surface area contributed by atoms with E-state index in [0.717, 1.165) is 11.3 Å². The number of amides is 1. The number of benzene rings is 2. The fraction of sp³-hybridized carbons (Fsp3) is 0.346. The maximum Gasteiger partial charge on any atom is 0.264 e. The van der Waals surface area contributed by atoms with Gasteiger partial charge in [0.2, 0.25) is 0 Å². The third-order valence-corrected chi connectivity index (χ3v) is 7.90. The van der Waals surface area contributed by atoms with Crippen LogP contribution < -0.4 is 4.72 Å².